The van der Waals surface area contributed by atoms with Crippen molar-refractivity contribution < 1.29 is 9.90 Å². The number of carboxylic acid groups (broad SMARTS) is 1. The highest BCUT2D eigenvalue weighted by molar-refractivity contribution is 5.68. The summed E-state index contributed by atoms with van der Waals surface area (Å²) in [6.07, 6.45) is 13.8. The fraction of sp³-hybridized carbons (Fsp3) is 0.583. The Labute approximate surface area is 178 Å². The number of pyridine rings is 1. The number of hydrogen-bond donors (Lipinski definition) is 2. The smallest absolute Gasteiger partial charge is 0.303 e. The molecule has 2 aromatic rings. The van der Waals surface area contributed by atoms with Gasteiger partial charge in [-0.1, -0.05) is 19.3 Å². The molecule has 1 atom stereocenters. The van der Waals surface area contributed by atoms with E-state index in [-0.39, 0.29) is 12.3 Å². The van der Waals surface area contributed by atoms with Gasteiger partial charge >= 0.3 is 5.97 Å². The van der Waals surface area contributed by atoms with Gasteiger partial charge in [-0.25, -0.2) is 15.0 Å². The summed E-state index contributed by atoms with van der Waals surface area (Å²) in [6.45, 7) is 2.86. The van der Waals surface area contributed by atoms with Gasteiger partial charge in [0.05, 0.1) is 6.42 Å². The molecule has 160 valence electrons. The molecule has 2 aliphatic rings. The number of nitrogens with zero attached hydrogens (tertiary/aromatic N) is 3. The third-order valence-electron chi connectivity index (χ3n) is 6.33. The predicted molar refractivity (Wildman–Crippen MR) is 117 cm³/mol. The molecular formula is C24H32N4O2. The molecule has 1 aliphatic carbocycles. The Balaban J connectivity index is 1.25. The Bertz CT molecular complexity index is 878. The van der Waals surface area contributed by atoms with Crippen molar-refractivity contribution in [1.82, 2.24) is 15.0 Å². The third-order valence-corrected chi connectivity index (χ3v) is 6.33. The van der Waals surface area contributed by atoms with Crippen molar-refractivity contribution in [2.24, 2.45) is 0 Å². The van der Waals surface area contributed by atoms with Gasteiger partial charge < -0.3 is 10.4 Å². The van der Waals surface area contributed by atoms with Crippen LogP contribution in [0.15, 0.2) is 18.5 Å². The van der Waals surface area contributed by atoms with Crippen LogP contribution in [0.1, 0.15) is 91.4 Å². The van der Waals surface area contributed by atoms with E-state index in [2.05, 4.69) is 21.4 Å². The standard InChI is InChI=1S/C24H32N4O2/c1-16-26-14-20(15-27-16)18(13-23(29)30)6-4-2-3-5-7-22-21(17-8-9-17)12-19-10-11-25-24(19)28-22/h12,14-15,17-18H,2-11,13H2,1H3,(H,25,28)(H,29,30). The Morgan fingerprint density at radius 1 is 1.20 bits per heavy atom. The molecule has 0 amide bonds. The van der Waals surface area contributed by atoms with E-state index in [4.69, 9.17) is 4.98 Å². The van der Waals surface area contributed by atoms with Crippen molar-refractivity contribution >= 4 is 11.8 Å². The van der Waals surface area contributed by atoms with Gasteiger partial charge in [-0.2, -0.15) is 0 Å². The lowest BCUT2D eigenvalue weighted by atomic mass is 9.92. The lowest BCUT2D eigenvalue weighted by molar-refractivity contribution is -0.137. The number of aromatic nitrogens is 3. The first kappa shape index (κ1) is 20.8. The second kappa shape index (κ2) is 9.54. The number of unbranched alkanes of at least 4 members (excludes halogenated alkanes) is 3. The quantitative estimate of drug-likeness (QED) is 0.520. The number of aryl methyl sites for hydroxylation is 2. The topological polar surface area (TPSA) is 88.0 Å². The number of fused-ring (bicyclic) bond motifs is 1. The number of nitrogens with one attached hydrogen (secondary N) is 1. The van der Waals surface area contributed by atoms with Crippen molar-refractivity contribution in [1.29, 1.82) is 0 Å². The molecule has 1 aliphatic heterocycles. The summed E-state index contributed by atoms with van der Waals surface area (Å²) in [5.74, 6) is 1.80. The van der Waals surface area contributed by atoms with E-state index >= 15 is 0 Å². The number of aliphatic carboxylic acids is 1. The largest absolute Gasteiger partial charge is 0.481 e. The van der Waals surface area contributed by atoms with Crippen molar-refractivity contribution in [2.75, 3.05) is 11.9 Å². The zero-order valence-electron chi connectivity index (χ0n) is 17.9. The molecule has 0 saturated heterocycles. The van der Waals surface area contributed by atoms with E-state index in [1.807, 2.05) is 6.92 Å². The number of carboxylic acids is 1. The molecule has 1 saturated carbocycles. The SMILES string of the molecule is Cc1ncc(C(CCCCCCc2nc3c(cc2C2CC2)CCN3)CC(=O)O)cn1. The maximum Gasteiger partial charge on any atom is 0.303 e. The zero-order chi connectivity index (χ0) is 20.9. The van der Waals surface area contributed by atoms with E-state index in [9.17, 15) is 9.90 Å². The molecule has 2 N–H and O–H groups in total. The fourth-order valence-electron chi connectivity index (χ4n) is 4.47. The minimum Gasteiger partial charge on any atom is -0.481 e. The molecule has 0 spiro atoms. The minimum atomic E-state index is -0.760. The van der Waals surface area contributed by atoms with Gasteiger partial charge in [-0.05, 0) is 80.0 Å². The molecule has 0 radical (unpaired) electrons. The Morgan fingerprint density at radius 3 is 2.70 bits per heavy atom. The van der Waals surface area contributed by atoms with Crippen LogP contribution in [-0.4, -0.2) is 32.6 Å². The number of anilines is 1. The molecule has 6 nitrogen and oxygen atoms in total. The van der Waals surface area contributed by atoms with Crippen molar-refractivity contribution in [3.63, 3.8) is 0 Å². The summed E-state index contributed by atoms with van der Waals surface area (Å²) >= 11 is 0. The highest BCUT2D eigenvalue weighted by Crippen LogP contribution is 2.43. The predicted octanol–water partition coefficient (Wildman–Crippen LogP) is 4.78. The van der Waals surface area contributed by atoms with Crippen LogP contribution >= 0.6 is 0 Å². The number of carbonyl (C=O) groups is 1. The maximum atomic E-state index is 11.3. The van der Waals surface area contributed by atoms with Gasteiger partial charge in [0.25, 0.3) is 0 Å². The first-order valence-electron chi connectivity index (χ1n) is 11.4. The second-order valence-corrected chi connectivity index (χ2v) is 8.79. The van der Waals surface area contributed by atoms with Gasteiger partial charge in [-0.15, -0.1) is 0 Å². The number of rotatable bonds is 11. The van der Waals surface area contributed by atoms with Gasteiger partial charge in [0.1, 0.15) is 11.6 Å². The van der Waals surface area contributed by atoms with E-state index in [1.54, 1.807) is 12.4 Å². The monoisotopic (exact) mass is 408 g/mol. The molecule has 4 rings (SSSR count). The van der Waals surface area contributed by atoms with Crippen LogP contribution in [0.3, 0.4) is 0 Å². The summed E-state index contributed by atoms with van der Waals surface area (Å²) in [6, 6.07) is 2.41. The maximum absolute atomic E-state index is 11.3. The molecule has 1 unspecified atom stereocenters. The molecule has 0 aromatic carbocycles. The first-order chi connectivity index (χ1) is 14.6. The van der Waals surface area contributed by atoms with Crippen molar-refractivity contribution in [3.8, 4) is 0 Å². The fourth-order valence-corrected chi connectivity index (χ4v) is 4.47. The Hall–Kier alpha value is -2.50. The normalized spacial score (nSPS) is 16.2. The lowest BCUT2D eigenvalue weighted by Gasteiger charge is -2.15. The molecule has 0 bridgehead atoms. The molecule has 6 heteroatoms. The minimum absolute atomic E-state index is 0.00554. The van der Waals surface area contributed by atoms with Crippen molar-refractivity contribution in [3.05, 3.63) is 46.7 Å². The Morgan fingerprint density at radius 2 is 1.97 bits per heavy atom. The van der Waals surface area contributed by atoms with Crippen LogP contribution in [0.5, 0.6) is 0 Å². The van der Waals surface area contributed by atoms with E-state index in [0.717, 1.165) is 68.8 Å². The van der Waals surface area contributed by atoms with Gasteiger partial charge in [-0.3, -0.25) is 4.79 Å². The van der Waals surface area contributed by atoms with Crippen LogP contribution in [0.4, 0.5) is 5.82 Å². The van der Waals surface area contributed by atoms with Gasteiger partial charge in [0.15, 0.2) is 0 Å². The number of hydrogen-bond acceptors (Lipinski definition) is 5. The third kappa shape index (κ3) is 5.35. The molecular weight excluding hydrogens is 376 g/mol. The van der Waals surface area contributed by atoms with Crippen LogP contribution in [0.2, 0.25) is 0 Å². The Kier molecular flexibility index (Phi) is 6.60. The molecule has 2 aromatic heterocycles. The van der Waals surface area contributed by atoms with E-state index in [1.165, 1.54) is 29.7 Å². The first-order valence-corrected chi connectivity index (χ1v) is 11.4. The average molecular weight is 409 g/mol. The van der Waals surface area contributed by atoms with Crippen LogP contribution in [-0.2, 0) is 17.6 Å². The summed E-state index contributed by atoms with van der Waals surface area (Å²) in [5, 5.41) is 12.7. The van der Waals surface area contributed by atoms with Gasteiger partial charge in [0.2, 0.25) is 0 Å². The summed E-state index contributed by atoms with van der Waals surface area (Å²) in [7, 11) is 0. The summed E-state index contributed by atoms with van der Waals surface area (Å²) in [4.78, 5) is 24.7. The zero-order valence-corrected chi connectivity index (χ0v) is 17.9. The van der Waals surface area contributed by atoms with Crippen LogP contribution in [0, 0.1) is 6.92 Å². The van der Waals surface area contributed by atoms with E-state index < -0.39 is 5.97 Å². The van der Waals surface area contributed by atoms with Crippen molar-refractivity contribution in [2.45, 2.75) is 83.0 Å². The average Bonchev–Trinajstić information content (AvgIpc) is 3.47. The molecule has 30 heavy (non-hydrogen) atoms. The highest BCUT2D eigenvalue weighted by Gasteiger charge is 2.28. The highest BCUT2D eigenvalue weighted by atomic mass is 16.4. The summed E-state index contributed by atoms with van der Waals surface area (Å²) < 4.78 is 0. The molecule has 1 fully saturated rings. The summed E-state index contributed by atoms with van der Waals surface area (Å²) in [5.41, 5.74) is 5.13. The second-order valence-electron chi connectivity index (χ2n) is 8.79. The molecule has 3 heterocycles. The van der Waals surface area contributed by atoms with Crippen LogP contribution in [0.25, 0.3) is 0 Å². The van der Waals surface area contributed by atoms with Gasteiger partial charge in [0, 0.05) is 24.6 Å². The lowest BCUT2D eigenvalue weighted by Crippen LogP contribution is -2.08. The van der Waals surface area contributed by atoms with Crippen LogP contribution < -0.4 is 5.32 Å². The van der Waals surface area contributed by atoms with E-state index in [0.29, 0.717) is 5.82 Å².